The molecular formula is C11H18N2O4S. The third kappa shape index (κ3) is 2.89. The predicted octanol–water partition coefficient (Wildman–Crippen LogP) is 0.329. The molecule has 18 heavy (non-hydrogen) atoms. The van der Waals surface area contributed by atoms with Crippen LogP contribution in [0.2, 0.25) is 0 Å². The minimum atomic E-state index is -0.998. The first-order valence-corrected chi connectivity index (χ1v) is 7.12. The summed E-state index contributed by atoms with van der Waals surface area (Å²) in [6.07, 6.45) is 0. The predicted molar refractivity (Wildman–Crippen MR) is 67.8 cm³/mol. The number of carboxylic acid groups (broad SMARTS) is 1. The third-order valence-electron chi connectivity index (χ3n) is 3.17. The van der Waals surface area contributed by atoms with Crippen molar-refractivity contribution < 1.29 is 19.4 Å². The van der Waals surface area contributed by atoms with Gasteiger partial charge in [0, 0.05) is 30.6 Å². The summed E-state index contributed by atoms with van der Waals surface area (Å²) in [5.41, 5.74) is 0. The van der Waals surface area contributed by atoms with Crippen LogP contribution in [0.4, 0.5) is 4.79 Å². The van der Waals surface area contributed by atoms with Crippen molar-refractivity contribution in [1.82, 2.24) is 9.80 Å². The van der Waals surface area contributed by atoms with Gasteiger partial charge >= 0.3 is 12.0 Å². The molecule has 0 aromatic carbocycles. The quantitative estimate of drug-likeness (QED) is 0.746. The zero-order chi connectivity index (χ0) is 13.1. The highest BCUT2D eigenvalue weighted by Crippen LogP contribution is 2.20. The van der Waals surface area contributed by atoms with Crippen molar-refractivity contribution in [3.63, 3.8) is 0 Å². The fourth-order valence-corrected chi connectivity index (χ4v) is 3.22. The number of ether oxygens (including phenoxy) is 1. The molecule has 0 aliphatic carbocycles. The van der Waals surface area contributed by atoms with Crippen molar-refractivity contribution in [1.29, 1.82) is 0 Å². The number of urea groups is 1. The molecule has 2 saturated heterocycles. The number of morpholine rings is 1. The molecule has 2 heterocycles. The summed E-state index contributed by atoms with van der Waals surface area (Å²) in [7, 11) is 0. The maximum atomic E-state index is 12.3. The van der Waals surface area contributed by atoms with Gasteiger partial charge in [0.05, 0.1) is 13.2 Å². The van der Waals surface area contributed by atoms with E-state index in [2.05, 4.69) is 6.92 Å². The lowest BCUT2D eigenvalue weighted by atomic mass is 10.2. The Balaban J connectivity index is 2.03. The van der Waals surface area contributed by atoms with Crippen molar-refractivity contribution in [2.24, 2.45) is 0 Å². The van der Waals surface area contributed by atoms with Crippen LogP contribution in [0.5, 0.6) is 0 Å². The van der Waals surface area contributed by atoms with Gasteiger partial charge in [-0.1, -0.05) is 6.92 Å². The number of amides is 2. The Morgan fingerprint density at radius 3 is 2.83 bits per heavy atom. The number of thioether (sulfide) groups is 1. The van der Waals surface area contributed by atoms with Gasteiger partial charge in [-0.3, -0.25) is 0 Å². The molecule has 0 aromatic heterocycles. The average Bonchev–Trinajstić information content (AvgIpc) is 2.38. The van der Waals surface area contributed by atoms with Crippen molar-refractivity contribution in [3.8, 4) is 0 Å². The molecule has 2 aliphatic heterocycles. The van der Waals surface area contributed by atoms with Gasteiger partial charge in [0.25, 0.3) is 0 Å². The minimum absolute atomic E-state index is 0.0826. The lowest BCUT2D eigenvalue weighted by molar-refractivity contribution is -0.147. The molecule has 6 nitrogen and oxygen atoms in total. The van der Waals surface area contributed by atoms with Crippen molar-refractivity contribution in [3.05, 3.63) is 0 Å². The zero-order valence-corrected chi connectivity index (χ0v) is 11.2. The Morgan fingerprint density at radius 1 is 1.39 bits per heavy atom. The second-order valence-electron chi connectivity index (χ2n) is 4.53. The van der Waals surface area contributed by atoms with Crippen LogP contribution in [0, 0.1) is 0 Å². The van der Waals surface area contributed by atoms with Gasteiger partial charge in [-0.2, -0.15) is 11.8 Å². The fourth-order valence-electron chi connectivity index (χ4n) is 2.21. The van der Waals surface area contributed by atoms with Gasteiger partial charge in [0.2, 0.25) is 0 Å². The van der Waals surface area contributed by atoms with E-state index < -0.39 is 12.0 Å². The van der Waals surface area contributed by atoms with Crippen LogP contribution in [-0.2, 0) is 9.53 Å². The molecule has 0 aromatic rings. The molecule has 2 fully saturated rings. The van der Waals surface area contributed by atoms with Gasteiger partial charge in [-0.15, -0.1) is 0 Å². The van der Waals surface area contributed by atoms with Gasteiger partial charge in [-0.05, 0) is 0 Å². The Hall–Kier alpha value is -0.950. The van der Waals surface area contributed by atoms with Crippen LogP contribution in [0.15, 0.2) is 0 Å². The number of carbonyl (C=O) groups excluding carboxylic acids is 1. The number of carboxylic acids is 1. The Morgan fingerprint density at radius 2 is 2.17 bits per heavy atom. The first-order valence-electron chi connectivity index (χ1n) is 6.07. The van der Waals surface area contributed by atoms with Crippen LogP contribution >= 0.6 is 11.8 Å². The first-order chi connectivity index (χ1) is 8.59. The molecule has 2 aliphatic rings. The Kier molecular flexibility index (Phi) is 4.34. The highest BCUT2D eigenvalue weighted by molar-refractivity contribution is 7.99. The molecule has 0 bridgehead atoms. The van der Waals surface area contributed by atoms with E-state index in [0.29, 0.717) is 31.5 Å². The smallest absolute Gasteiger partial charge is 0.328 e. The van der Waals surface area contributed by atoms with E-state index in [-0.39, 0.29) is 12.6 Å². The average molecular weight is 274 g/mol. The Labute approximate surface area is 110 Å². The van der Waals surface area contributed by atoms with E-state index in [1.807, 2.05) is 11.8 Å². The summed E-state index contributed by atoms with van der Waals surface area (Å²) in [6.45, 7) is 4.31. The van der Waals surface area contributed by atoms with Crippen molar-refractivity contribution >= 4 is 23.8 Å². The largest absolute Gasteiger partial charge is 0.480 e. The monoisotopic (exact) mass is 274 g/mol. The highest BCUT2D eigenvalue weighted by atomic mass is 32.2. The van der Waals surface area contributed by atoms with Crippen molar-refractivity contribution in [2.75, 3.05) is 38.6 Å². The molecule has 7 heteroatoms. The van der Waals surface area contributed by atoms with E-state index in [4.69, 9.17) is 9.84 Å². The molecule has 2 atom stereocenters. The zero-order valence-electron chi connectivity index (χ0n) is 10.4. The SMILES string of the molecule is CC1CN(C(=O)N2CCOCC2C(=O)O)CCS1. The van der Waals surface area contributed by atoms with E-state index in [9.17, 15) is 9.59 Å². The molecule has 2 unspecified atom stereocenters. The molecule has 1 N–H and O–H groups in total. The number of rotatable bonds is 1. The van der Waals surface area contributed by atoms with E-state index in [1.165, 1.54) is 4.90 Å². The van der Waals surface area contributed by atoms with Crippen LogP contribution in [0.1, 0.15) is 6.92 Å². The number of hydrogen-bond donors (Lipinski definition) is 1. The first kappa shape index (κ1) is 13.5. The summed E-state index contributed by atoms with van der Waals surface area (Å²) in [4.78, 5) is 26.6. The maximum Gasteiger partial charge on any atom is 0.328 e. The highest BCUT2D eigenvalue weighted by Gasteiger charge is 2.36. The molecule has 0 radical (unpaired) electrons. The lowest BCUT2D eigenvalue weighted by Gasteiger charge is -2.39. The standard InChI is InChI=1S/C11H18N2O4S/c1-8-6-12(3-5-18-8)11(16)13-2-4-17-7-9(13)10(14)15/h8-9H,2-7H2,1H3,(H,14,15). The van der Waals surface area contributed by atoms with Crippen LogP contribution < -0.4 is 0 Å². The van der Waals surface area contributed by atoms with E-state index in [0.717, 1.165) is 5.75 Å². The van der Waals surface area contributed by atoms with Crippen molar-refractivity contribution in [2.45, 2.75) is 18.2 Å². The summed E-state index contributed by atoms with van der Waals surface area (Å²) < 4.78 is 5.13. The summed E-state index contributed by atoms with van der Waals surface area (Å²) in [5.74, 6) is -0.0860. The van der Waals surface area contributed by atoms with Gasteiger partial charge in [0.15, 0.2) is 6.04 Å². The molecular weight excluding hydrogens is 256 g/mol. The summed E-state index contributed by atoms with van der Waals surface area (Å²) in [5, 5.41) is 9.52. The molecule has 0 saturated carbocycles. The van der Waals surface area contributed by atoms with E-state index >= 15 is 0 Å². The van der Waals surface area contributed by atoms with Crippen LogP contribution in [0.3, 0.4) is 0 Å². The number of hydrogen-bond acceptors (Lipinski definition) is 4. The van der Waals surface area contributed by atoms with Gasteiger partial charge in [0.1, 0.15) is 0 Å². The molecule has 102 valence electrons. The molecule has 0 spiro atoms. The maximum absolute atomic E-state index is 12.3. The van der Waals surface area contributed by atoms with Gasteiger partial charge < -0.3 is 19.6 Å². The summed E-state index contributed by atoms with van der Waals surface area (Å²) >= 11 is 1.84. The number of aliphatic carboxylic acids is 1. The number of carbonyl (C=O) groups is 2. The third-order valence-corrected chi connectivity index (χ3v) is 4.31. The van der Waals surface area contributed by atoms with Gasteiger partial charge in [-0.25, -0.2) is 9.59 Å². The summed E-state index contributed by atoms with van der Waals surface area (Å²) in [6, 6.07) is -1.02. The lowest BCUT2D eigenvalue weighted by Crippen LogP contribution is -2.58. The second kappa shape index (κ2) is 5.79. The second-order valence-corrected chi connectivity index (χ2v) is 6.08. The number of nitrogens with zero attached hydrogens (tertiary/aromatic N) is 2. The molecule has 2 amide bonds. The Bertz CT molecular complexity index is 339. The van der Waals surface area contributed by atoms with Crippen LogP contribution in [0.25, 0.3) is 0 Å². The normalized spacial score (nSPS) is 29.2. The minimum Gasteiger partial charge on any atom is -0.480 e. The topological polar surface area (TPSA) is 70.1 Å². The molecule has 2 rings (SSSR count). The van der Waals surface area contributed by atoms with Crippen LogP contribution in [-0.4, -0.2) is 76.8 Å². The van der Waals surface area contributed by atoms with E-state index in [1.54, 1.807) is 4.90 Å². The fraction of sp³-hybridized carbons (Fsp3) is 0.818.